The summed E-state index contributed by atoms with van der Waals surface area (Å²) < 4.78 is 6.98. The Hall–Kier alpha value is -7.55. The number of benzene rings is 10. The number of nitrogens with zero attached hydrogens (tertiary/aromatic N) is 1. The molecule has 0 N–H and O–H groups in total. The molecule has 0 bridgehead atoms. The van der Waals surface area contributed by atoms with Crippen LogP contribution in [0.3, 0.4) is 0 Å². The molecule has 2 nitrogen and oxygen atoms in total. The van der Waals surface area contributed by atoms with Crippen LogP contribution in [0.1, 0.15) is 22.3 Å². The zero-order valence-electron chi connectivity index (χ0n) is 31.4. The molecule has 2 aliphatic rings. The van der Waals surface area contributed by atoms with Gasteiger partial charge in [0.1, 0.15) is 11.5 Å². The minimum atomic E-state index is -0.540. The first-order valence-corrected chi connectivity index (χ1v) is 20.0. The van der Waals surface area contributed by atoms with Gasteiger partial charge in [-0.3, -0.25) is 0 Å². The van der Waals surface area contributed by atoms with Crippen LogP contribution < -0.4 is 4.74 Å². The third-order valence-corrected chi connectivity index (χ3v) is 12.9. The highest BCUT2D eigenvalue weighted by molar-refractivity contribution is 6.25. The zero-order valence-corrected chi connectivity index (χ0v) is 31.4. The molecule has 0 atom stereocenters. The smallest absolute Gasteiger partial charge is 0.132 e. The van der Waals surface area contributed by atoms with Crippen LogP contribution in [0.5, 0.6) is 11.5 Å². The van der Waals surface area contributed by atoms with E-state index in [0.29, 0.717) is 0 Å². The molecule has 1 aliphatic carbocycles. The largest absolute Gasteiger partial charge is 0.457 e. The molecule has 1 spiro atoms. The number of para-hydroxylation sites is 2. The molecule has 0 saturated carbocycles. The number of fused-ring (bicyclic) bond motifs is 18. The molecule has 0 saturated heterocycles. The Labute approximate surface area is 335 Å². The maximum absolute atomic E-state index is 6.98. The third kappa shape index (κ3) is 4.18. The average molecular weight is 736 g/mol. The monoisotopic (exact) mass is 735 g/mol. The van der Waals surface area contributed by atoms with Crippen molar-refractivity contribution in [1.82, 2.24) is 4.98 Å². The third-order valence-electron chi connectivity index (χ3n) is 12.9. The highest BCUT2D eigenvalue weighted by Crippen LogP contribution is 2.62. The minimum absolute atomic E-state index is 0.540. The van der Waals surface area contributed by atoms with E-state index in [0.717, 1.165) is 55.6 Å². The van der Waals surface area contributed by atoms with Gasteiger partial charge in [0.25, 0.3) is 0 Å². The fourth-order valence-corrected chi connectivity index (χ4v) is 10.5. The van der Waals surface area contributed by atoms with Gasteiger partial charge in [-0.05, 0) is 107 Å². The van der Waals surface area contributed by atoms with Crippen molar-refractivity contribution in [2.75, 3.05) is 0 Å². The highest BCUT2D eigenvalue weighted by Gasteiger charge is 2.51. The van der Waals surface area contributed by atoms with Crippen molar-refractivity contribution in [3.63, 3.8) is 0 Å². The normalized spacial score (nSPS) is 13.4. The number of rotatable bonds is 2. The van der Waals surface area contributed by atoms with Gasteiger partial charge in [-0.1, -0.05) is 164 Å². The van der Waals surface area contributed by atoms with Gasteiger partial charge in [0.2, 0.25) is 0 Å². The maximum Gasteiger partial charge on any atom is 0.132 e. The van der Waals surface area contributed by atoms with Gasteiger partial charge in [-0.25, -0.2) is 4.98 Å². The second-order valence-electron chi connectivity index (χ2n) is 15.7. The van der Waals surface area contributed by atoms with Gasteiger partial charge >= 0.3 is 0 Å². The van der Waals surface area contributed by atoms with E-state index in [2.05, 4.69) is 200 Å². The van der Waals surface area contributed by atoms with Crippen LogP contribution in [0.2, 0.25) is 0 Å². The summed E-state index contributed by atoms with van der Waals surface area (Å²) in [4.78, 5) is 5.43. The summed E-state index contributed by atoms with van der Waals surface area (Å²) in [6.45, 7) is 0. The van der Waals surface area contributed by atoms with Gasteiger partial charge in [0.05, 0.1) is 16.6 Å². The Balaban J connectivity index is 1.06. The summed E-state index contributed by atoms with van der Waals surface area (Å²) in [5.41, 5.74) is 12.2. The topological polar surface area (TPSA) is 22.1 Å². The van der Waals surface area contributed by atoms with E-state index >= 15 is 0 Å². The lowest BCUT2D eigenvalue weighted by Gasteiger charge is -2.39. The van der Waals surface area contributed by atoms with Crippen molar-refractivity contribution in [2.45, 2.75) is 5.41 Å². The Kier molecular flexibility index (Phi) is 6.40. The molecule has 11 aromatic rings. The van der Waals surface area contributed by atoms with E-state index in [4.69, 9.17) is 9.72 Å². The van der Waals surface area contributed by atoms with Gasteiger partial charge < -0.3 is 4.74 Å². The Bertz CT molecular complexity index is 3480. The molecule has 2 heterocycles. The van der Waals surface area contributed by atoms with Crippen LogP contribution >= 0.6 is 0 Å². The molecule has 1 aromatic heterocycles. The molecule has 10 aromatic carbocycles. The predicted molar refractivity (Wildman–Crippen MR) is 240 cm³/mol. The molecule has 13 rings (SSSR count). The van der Waals surface area contributed by atoms with Gasteiger partial charge in [-0.15, -0.1) is 0 Å². The Morgan fingerprint density at radius 1 is 0.310 bits per heavy atom. The van der Waals surface area contributed by atoms with Crippen LogP contribution in [0.15, 0.2) is 200 Å². The van der Waals surface area contributed by atoms with E-state index in [1.165, 1.54) is 65.7 Å². The summed E-state index contributed by atoms with van der Waals surface area (Å²) in [7, 11) is 0. The lowest BCUT2D eigenvalue weighted by atomic mass is 9.65. The Morgan fingerprint density at radius 3 is 1.57 bits per heavy atom. The molecule has 58 heavy (non-hydrogen) atoms. The van der Waals surface area contributed by atoms with E-state index in [-0.39, 0.29) is 0 Å². The first kappa shape index (κ1) is 31.6. The van der Waals surface area contributed by atoms with Gasteiger partial charge in [0.15, 0.2) is 0 Å². The predicted octanol–water partition coefficient (Wildman–Crippen LogP) is 14.7. The first-order chi connectivity index (χ1) is 28.8. The maximum atomic E-state index is 6.98. The number of hydrogen-bond donors (Lipinski definition) is 0. The number of aromatic nitrogens is 1. The fourth-order valence-electron chi connectivity index (χ4n) is 10.5. The highest BCUT2D eigenvalue weighted by atomic mass is 16.5. The van der Waals surface area contributed by atoms with Crippen LogP contribution in [0.25, 0.3) is 87.5 Å². The standard InChI is InChI=1S/C56H33NO/c1-2-18-39-37(16-1)38-17-3-4-19-40(38)45-31-35(28-29-41(39)45)34-14-13-15-36(30-34)55-47-33-54-51(32-46(47)44-22-7-11-26-52(44)57-55)56(50-25-10-12-27-53(50)58-54)48-23-8-5-20-42(48)43-21-6-9-24-49(43)56/h1-33H. The van der Waals surface area contributed by atoms with Crippen molar-refractivity contribution in [3.05, 3.63) is 222 Å². The quantitative estimate of drug-likeness (QED) is 0.165. The van der Waals surface area contributed by atoms with Crippen molar-refractivity contribution < 1.29 is 4.74 Å². The Morgan fingerprint density at radius 2 is 0.845 bits per heavy atom. The summed E-state index contributed by atoms with van der Waals surface area (Å²) in [5.74, 6) is 1.75. The molecular weight excluding hydrogens is 703 g/mol. The van der Waals surface area contributed by atoms with Crippen LogP contribution in [0.4, 0.5) is 0 Å². The molecule has 0 fully saturated rings. The van der Waals surface area contributed by atoms with E-state index < -0.39 is 5.41 Å². The molecular formula is C56H33NO. The van der Waals surface area contributed by atoms with Crippen LogP contribution in [0, 0.1) is 0 Å². The number of pyridine rings is 1. The number of ether oxygens (including phenoxy) is 1. The van der Waals surface area contributed by atoms with Gasteiger partial charge in [-0.2, -0.15) is 0 Å². The zero-order chi connectivity index (χ0) is 38.0. The first-order valence-electron chi connectivity index (χ1n) is 20.0. The van der Waals surface area contributed by atoms with Crippen LogP contribution in [-0.4, -0.2) is 4.98 Å². The molecule has 0 unspecified atom stereocenters. The van der Waals surface area contributed by atoms with Gasteiger partial charge in [0, 0.05) is 27.5 Å². The van der Waals surface area contributed by atoms with Crippen molar-refractivity contribution in [1.29, 1.82) is 0 Å². The average Bonchev–Trinajstić information content (AvgIpc) is 3.59. The molecule has 2 heteroatoms. The molecule has 1 aliphatic heterocycles. The van der Waals surface area contributed by atoms with Crippen molar-refractivity contribution in [2.24, 2.45) is 0 Å². The SMILES string of the molecule is c1cc(-c2ccc3c4ccccc4c4ccccc4c3c2)cc(-c2nc3ccccc3c3cc4c(cc23)Oc2ccccc2C42c3ccccc3-c3ccccc32)c1. The fraction of sp³-hybridized carbons (Fsp3) is 0.0179. The van der Waals surface area contributed by atoms with Crippen molar-refractivity contribution >= 4 is 54.0 Å². The molecule has 268 valence electrons. The van der Waals surface area contributed by atoms with Crippen molar-refractivity contribution in [3.8, 4) is 45.0 Å². The summed E-state index contributed by atoms with van der Waals surface area (Å²) >= 11 is 0. The second-order valence-corrected chi connectivity index (χ2v) is 15.7. The minimum Gasteiger partial charge on any atom is -0.457 e. The van der Waals surface area contributed by atoms with E-state index in [9.17, 15) is 0 Å². The lowest BCUT2D eigenvalue weighted by molar-refractivity contribution is 0.437. The summed E-state index contributed by atoms with van der Waals surface area (Å²) in [6.07, 6.45) is 0. The lowest BCUT2D eigenvalue weighted by Crippen LogP contribution is -2.32. The van der Waals surface area contributed by atoms with E-state index in [1.54, 1.807) is 0 Å². The van der Waals surface area contributed by atoms with E-state index in [1.807, 2.05) is 0 Å². The molecule has 0 amide bonds. The van der Waals surface area contributed by atoms with Crippen LogP contribution in [-0.2, 0) is 5.41 Å². The summed E-state index contributed by atoms with van der Waals surface area (Å²) in [5, 5.41) is 11.0. The summed E-state index contributed by atoms with van der Waals surface area (Å²) in [6, 6.07) is 73.0. The number of hydrogen-bond acceptors (Lipinski definition) is 2. The molecule has 0 radical (unpaired) electrons. The second kappa shape index (κ2) is 11.7.